The molecule has 4 heteroatoms. The molecule has 0 spiro atoms. The molecule has 0 aromatic rings. The van der Waals surface area contributed by atoms with Crippen LogP contribution in [0, 0.1) is 0 Å². The molecule has 1 N–H and O–H groups in total. The van der Waals surface area contributed by atoms with E-state index in [0.717, 1.165) is 38.5 Å². The number of rotatable bonds is 25. The molecular formula is C32H54O4. The first kappa shape index (κ1) is 34.1. The van der Waals surface area contributed by atoms with Crippen molar-refractivity contribution in [1.29, 1.82) is 0 Å². The minimum Gasteiger partial charge on any atom is -0.457 e. The van der Waals surface area contributed by atoms with Crippen molar-refractivity contribution in [3.05, 3.63) is 60.8 Å². The van der Waals surface area contributed by atoms with E-state index in [2.05, 4.69) is 62.5 Å². The monoisotopic (exact) mass is 502 g/mol. The minimum atomic E-state index is -0.584. The van der Waals surface area contributed by atoms with Crippen LogP contribution in [0.4, 0.5) is 0 Å². The van der Waals surface area contributed by atoms with E-state index in [9.17, 15) is 9.90 Å². The van der Waals surface area contributed by atoms with Crippen LogP contribution < -0.4 is 0 Å². The van der Waals surface area contributed by atoms with Gasteiger partial charge in [-0.2, -0.15) is 0 Å². The highest BCUT2D eigenvalue weighted by Crippen LogP contribution is 2.09. The first-order valence-electron chi connectivity index (χ1n) is 14.4. The second-order valence-corrected chi connectivity index (χ2v) is 9.11. The lowest BCUT2D eigenvalue weighted by Gasteiger charge is -2.15. The Labute approximate surface area is 222 Å². The maximum absolute atomic E-state index is 12.0. The van der Waals surface area contributed by atoms with Crippen LogP contribution in [0.25, 0.3) is 0 Å². The van der Waals surface area contributed by atoms with Crippen molar-refractivity contribution in [3.8, 4) is 0 Å². The summed E-state index contributed by atoms with van der Waals surface area (Å²) in [6, 6.07) is 0. The lowest BCUT2D eigenvalue weighted by Crippen LogP contribution is -2.27. The first-order valence-corrected chi connectivity index (χ1v) is 14.4. The van der Waals surface area contributed by atoms with Gasteiger partial charge in [0, 0.05) is 6.61 Å². The van der Waals surface area contributed by atoms with E-state index < -0.39 is 6.10 Å². The maximum Gasteiger partial charge on any atom is 0.310 e. The summed E-state index contributed by atoms with van der Waals surface area (Å²) in [5.41, 5.74) is 0. The van der Waals surface area contributed by atoms with Crippen LogP contribution in [0.5, 0.6) is 0 Å². The van der Waals surface area contributed by atoms with Gasteiger partial charge in [0.25, 0.3) is 0 Å². The van der Waals surface area contributed by atoms with Gasteiger partial charge < -0.3 is 14.6 Å². The van der Waals surface area contributed by atoms with Crippen LogP contribution in [0.2, 0.25) is 0 Å². The molecule has 4 nitrogen and oxygen atoms in total. The summed E-state index contributed by atoms with van der Waals surface area (Å²) in [5.74, 6) is -0.331. The van der Waals surface area contributed by atoms with E-state index in [1.54, 1.807) is 0 Å². The van der Waals surface area contributed by atoms with Crippen LogP contribution >= 0.6 is 0 Å². The molecule has 0 heterocycles. The highest BCUT2D eigenvalue weighted by molar-refractivity contribution is 5.71. The van der Waals surface area contributed by atoms with Gasteiger partial charge in [0.15, 0.2) is 0 Å². The number of aliphatic hydroxyl groups is 1. The van der Waals surface area contributed by atoms with Crippen molar-refractivity contribution in [1.82, 2.24) is 0 Å². The summed E-state index contributed by atoms with van der Waals surface area (Å²) in [7, 11) is 0. The van der Waals surface area contributed by atoms with Crippen LogP contribution in [-0.4, -0.2) is 37.0 Å². The SMILES string of the molecule is CC/C=C\C/C=C\C/C=C\C/C=C\C/C=C\CC(=O)OC(CO)COCCCCCCCCCCC. The van der Waals surface area contributed by atoms with Gasteiger partial charge in [0.05, 0.1) is 19.6 Å². The predicted octanol–water partition coefficient (Wildman–Crippen LogP) is 8.58. The third kappa shape index (κ3) is 26.7. The largest absolute Gasteiger partial charge is 0.457 e. The number of carbonyl (C=O) groups excluding carboxylic acids is 1. The number of ether oxygens (including phenoxy) is 2. The van der Waals surface area contributed by atoms with Crippen LogP contribution in [0.1, 0.15) is 110 Å². The summed E-state index contributed by atoms with van der Waals surface area (Å²) in [5, 5.41) is 9.44. The van der Waals surface area contributed by atoms with Crippen LogP contribution in [-0.2, 0) is 14.3 Å². The Bertz CT molecular complexity index is 616. The fourth-order valence-corrected chi connectivity index (χ4v) is 3.52. The van der Waals surface area contributed by atoms with Crippen molar-refractivity contribution in [2.75, 3.05) is 19.8 Å². The van der Waals surface area contributed by atoms with Gasteiger partial charge in [-0.05, 0) is 38.5 Å². The number of allylic oxidation sites excluding steroid dienone is 9. The van der Waals surface area contributed by atoms with Gasteiger partial charge in [0.2, 0.25) is 0 Å². The van der Waals surface area contributed by atoms with E-state index in [0.29, 0.717) is 6.61 Å². The fourth-order valence-electron chi connectivity index (χ4n) is 3.52. The second-order valence-electron chi connectivity index (χ2n) is 9.11. The third-order valence-corrected chi connectivity index (χ3v) is 5.64. The zero-order valence-corrected chi connectivity index (χ0v) is 23.3. The standard InChI is InChI=1S/C32H54O4/c1-3-5-7-9-11-13-14-15-16-17-18-19-21-23-25-27-32(34)36-31(29-33)30-35-28-26-24-22-20-12-10-8-6-4-2/h5,7,11,13,15-16,18-19,23,25,31,33H,3-4,6,8-10,12,14,17,20-22,24,26-30H2,1-2H3/b7-5-,13-11-,16-15-,19-18-,25-23-. The molecule has 0 saturated heterocycles. The van der Waals surface area contributed by atoms with Crippen molar-refractivity contribution in [3.63, 3.8) is 0 Å². The Hall–Kier alpha value is -1.91. The smallest absolute Gasteiger partial charge is 0.310 e. The van der Waals surface area contributed by atoms with Gasteiger partial charge in [-0.25, -0.2) is 0 Å². The summed E-state index contributed by atoms with van der Waals surface area (Å²) >= 11 is 0. The average molecular weight is 503 g/mol. The van der Waals surface area contributed by atoms with Crippen molar-refractivity contribution < 1.29 is 19.4 Å². The molecule has 0 aromatic carbocycles. The first-order chi connectivity index (χ1) is 17.7. The van der Waals surface area contributed by atoms with Crippen LogP contribution in [0.15, 0.2) is 60.8 Å². The maximum atomic E-state index is 12.0. The lowest BCUT2D eigenvalue weighted by molar-refractivity contribution is -0.153. The van der Waals surface area contributed by atoms with Gasteiger partial charge in [-0.3, -0.25) is 4.79 Å². The summed E-state index contributed by atoms with van der Waals surface area (Å²) in [4.78, 5) is 12.0. The van der Waals surface area contributed by atoms with E-state index in [1.807, 2.05) is 12.2 Å². The number of carbonyl (C=O) groups is 1. The minimum absolute atomic E-state index is 0.211. The zero-order chi connectivity index (χ0) is 26.4. The van der Waals surface area contributed by atoms with Crippen LogP contribution in [0.3, 0.4) is 0 Å². The molecule has 0 bridgehead atoms. The quantitative estimate of drug-likeness (QED) is 0.0771. The van der Waals surface area contributed by atoms with Crippen molar-refractivity contribution in [2.45, 2.75) is 116 Å². The molecule has 0 rings (SSSR count). The Morgan fingerprint density at radius 1 is 0.667 bits per heavy atom. The number of aliphatic hydroxyl groups excluding tert-OH is 1. The molecule has 0 amide bonds. The van der Waals surface area contributed by atoms with Crippen molar-refractivity contribution >= 4 is 5.97 Å². The van der Waals surface area contributed by atoms with Gasteiger partial charge in [-0.1, -0.05) is 126 Å². The average Bonchev–Trinajstić information content (AvgIpc) is 2.88. The normalized spacial score (nSPS) is 13.3. The second kappa shape index (κ2) is 29.3. The topological polar surface area (TPSA) is 55.8 Å². The Kier molecular flexibility index (Phi) is 27.8. The third-order valence-electron chi connectivity index (χ3n) is 5.64. The number of hydrogen-bond acceptors (Lipinski definition) is 4. The zero-order valence-electron chi connectivity index (χ0n) is 23.3. The van der Waals surface area contributed by atoms with E-state index in [1.165, 1.54) is 51.4 Å². The molecule has 206 valence electrons. The lowest BCUT2D eigenvalue weighted by atomic mass is 10.1. The molecule has 0 radical (unpaired) electrons. The molecule has 0 aliphatic rings. The number of hydrogen-bond donors (Lipinski definition) is 1. The molecule has 0 aliphatic heterocycles. The van der Waals surface area contributed by atoms with Gasteiger partial charge in [-0.15, -0.1) is 0 Å². The summed E-state index contributed by atoms with van der Waals surface area (Å²) in [6.07, 6.45) is 36.9. The Morgan fingerprint density at radius 3 is 1.64 bits per heavy atom. The molecule has 1 unspecified atom stereocenters. The molecule has 36 heavy (non-hydrogen) atoms. The van der Waals surface area contributed by atoms with Gasteiger partial charge in [0.1, 0.15) is 6.10 Å². The fraction of sp³-hybridized carbons (Fsp3) is 0.656. The number of esters is 1. The molecule has 0 aromatic heterocycles. The Balaban J connectivity index is 3.70. The molecule has 0 aliphatic carbocycles. The molecule has 0 fully saturated rings. The van der Waals surface area contributed by atoms with E-state index in [4.69, 9.17) is 9.47 Å². The highest BCUT2D eigenvalue weighted by Gasteiger charge is 2.12. The summed E-state index contributed by atoms with van der Waals surface area (Å²) in [6.45, 7) is 5.08. The highest BCUT2D eigenvalue weighted by atomic mass is 16.6. The molecule has 1 atom stereocenters. The molecule has 0 saturated carbocycles. The summed E-state index contributed by atoms with van der Waals surface area (Å²) < 4.78 is 10.9. The predicted molar refractivity (Wildman–Crippen MR) is 154 cm³/mol. The van der Waals surface area contributed by atoms with E-state index >= 15 is 0 Å². The van der Waals surface area contributed by atoms with Crippen molar-refractivity contribution in [2.24, 2.45) is 0 Å². The number of unbranched alkanes of at least 4 members (excludes halogenated alkanes) is 8. The van der Waals surface area contributed by atoms with E-state index in [-0.39, 0.29) is 25.6 Å². The molecular weight excluding hydrogens is 448 g/mol. The Morgan fingerprint density at radius 2 is 1.14 bits per heavy atom. The van der Waals surface area contributed by atoms with Gasteiger partial charge >= 0.3 is 5.97 Å².